The number of halogens is 2. The molecule has 30 heavy (non-hydrogen) atoms. The summed E-state index contributed by atoms with van der Waals surface area (Å²) in [6.45, 7) is 6.19. The number of allylic oxidation sites excluding steroid dienone is 5. The van der Waals surface area contributed by atoms with Crippen molar-refractivity contribution in [2.75, 3.05) is 0 Å². The summed E-state index contributed by atoms with van der Waals surface area (Å²) in [6, 6.07) is 7.89. The second kappa shape index (κ2) is 9.65. The molecule has 0 aliphatic heterocycles. The predicted molar refractivity (Wildman–Crippen MR) is 114 cm³/mol. The molecule has 0 radical (unpaired) electrons. The minimum absolute atomic E-state index is 0.0216. The number of hydrogen-bond acceptors (Lipinski definition) is 3. The minimum Gasteiger partial charge on any atom is -0.446 e. The van der Waals surface area contributed by atoms with Crippen LogP contribution >= 0.6 is 0 Å². The number of nitrogens with zero attached hydrogens (tertiary/aromatic N) is 2. The van der Waals surface area contributed by atoms with Gasteiger partial charge in [-0.2, -0.15) is 0 Å². The van der Waals surface area contributed by atoms with Crippen molar-refractivity contribution in [1.29, 1.82) is 0 Å². The van der Waals surface area contributed by atoms with Crippen LogP contribution < -0.4 is 10.3 Å². The van der Waals surface area contributed by atoms with Crippen molar-refractivity contribution in [2.24, 2.45) is 0 Å². The zero-order valence-corrected chi connectivity index (χ0v) is 17.5. The number of benzene rings is 1. The minimum atomic E-state index is -0.730. The van der Waals surface area contributed by atoms with Crippen LogP contribution in [0.15, 0.2) is 64.7 Å². The Morgan fingerprint density at radius 2 is 1.90 bits per heavy atom. The molecule has 3 rings (SSSR count). The summed E-state index contributed by atoms with van der Waals surface area (Å²) in [5.74, 6) is -0.993. The van der Waals surface area contributed by atoms with Crippen LogP contribution in [0.3, 0.4) is 0 Å². The molecule has 0 N–H and O–H groups in total. The van der Waals surface area contributed by atoms with Crippen molar-refractivity contribution in [2.45, 2.75) is 53.0 Å². The Kier molecular flexibility index (Phi) is 6.98. The molecule has 0 fully saturated rings. The molecule has 4 nitrogen and oxygen atoms in total. The molecule has 0 unspecified atom stereocenters. The highest BCUT2D eigenvalue weighted by molar-refractivity contribution is 5.36. The lowest BCUT2D eigenvalue weighted by molar-refractivity contribution is 0.396. The standard InChI is InChI=1S/C24H26F2N2O2/c1-4-7-22-27-20(5-2)23(30-21-14-18(25)8-6-9-19(21)26)24(29)28(22)15-17-12-10-16(3)11-13-17/h6,9-14H,4-5,7-8,15H2,1-3H3. The van der Waals surface area contributed by atoms with Gasteiger partial charge in [-0.05, 0) is 31.4 Å². The SMILES string of the molecule is CCCc1nc(CC)c(OC2=C(F)C=CCC(F)=C2)c(=O)n1Cc1ccc(C)cc1. The Hall–Kier alpha value is -3.02. The number of hydrogen-bond donors (Lipinski definition) is 0. The summed E-state index contributed by atoms with van der Waals surface area (Å²) < 4.78 is 35.4. The van der Waals surface area contributed by atoms with Gasteiger partial charge in [0.25, 0.3) is 5.56 Å². The first-order chi connectivity index (χ1) is 14.4. The third kappa shape index (κ3) is 4.93. The third-order valence-corrected chi connectivity index (χ3v) is 4.86. The van der Waals surface area contributed by atoms with E-state index in [9.17, 15) is 13.6 Å². The van der Waals surface area contributed by atoms with Gasteiger partial charge in [0, 0.05) is 18.9 Å². The largest absolute Gasteiger partial charge is 0.446 e. The second-order valence-electron chi connectivity index (χ2n) is 7.30. The molecule has 1 heterocycles. The van der Waals surface area contributed by atoms with Gasteiger partial charge in [-0.25, -0.2) is 13.8 Å². The van der Waals surface area contributed by atoms with Gasteiger partial charge in [0.1, 0.15) is 11.7 Å². The smallest absolute Gasteiger partial charge is 0.297 e. The molecule has 1 aliphatic carbocycles. The van der Waals surface area contributed by atoms with E-state index in [2.05, 4.69) is 4.98 Å². The van der Waals surface area contributed by atoms with E-state index in [4.69, 9.17) is 4.74 Å². The molecule has 0 bridgehead atoms. The zero-order chi connectivity index (χ0) is 21.7. The molecule has 0 saturated heterocycles. The van der Waals surface area contributed by atoms with Gasteiger partial charge in [0.05, 0.1) is 12.2 Å². The maximum absolute atomic E-state index is 14.3. The van der Waals surface area contributed by atoms with Crippen molar-refractivity contribution in [3.8, 4) is 5.75 Å². The van der Waals surface area contributed by atoms with Crippen LogP contribution in [0.1, 0.15) is 49.3 Å². The normalized spacial score (nSPS) is 14.0. The van der Waals surface area contributed by atoms with Crippen molar-refractivity contribution in [3.05, 3.63) is 92.9 Å². The van der Waals surface area contributed by atoms with Crippen molar-refractivity contribution in [1.82, 2.24) is 9.55 Å². The Labute approximate surface area is 175 Å². The van der Waals surface area contributed by atoms with E-state index in [0.29, 0.717) is 30.9 Å². The van der Waals surface area contributed by atoms with Crippen LogP contribution in [0.25, 0.3) is 0 Å². The Morgan fingerprint density at radius 1 is 1.17 bits per heavy atom. The molecule has 2 aromatic rings. The predicted octanol–water partition coefficient (Wildman–Crippen LogP) is 5.49. The van der Waals surface area contributed by atoms with Crippen LogP contribution in [-0.2, 0) is 19.4 Å². The molecule has 1 aromatic heterocycles. The second-order valence-corrected chi connectivity index (χ2v) is 7.30. The van der Waals surface area contributed by atoms with Gasteiger partial charge < -0.3 is 4.74 Å². The average Bonchev–Trinajstić information content (AvgIpc) is 2.88. The number of aryl methyl sites for hydroxylation is 3. The molecular weight excluding hydrogens is 386 g/mol. The maximum atomic E-state index is 14.3. The summed E-state index contributed by atoms with van der Waals surface area (Å²) in [5.41, 5.74) is 2.12. The van der Waals surface area contributed by atoms with Crippen LogP contribution in [0.5, 0.6) is 5.75 Å². The number of rotatable bonds is 7. The lowest BCUT2D eigenvalue weighted by Crippen LogP contribution is -2.29. The van der Waals surface area contributed by atoms with E-state index in [-0.39, 0.29) is 17.9 Å². The fourth-order valence-corrected chi connectivity index (χ4v) is 3.24. The fraction of sp³-hybridized carbons (Fsp3) is 0.333. The summed E-state index contributed by atoms with van der Waals surface area (Å²) >= 11 is 0. The highest BCUT2D eigenvalue weighted by Crippen LogP contribution is 2.24. The molecule has 0 spiro atoms. The molecule has 1 aliphatic rings. The van der Waals surface area contributed by atoms with E-state index in [1.807, 2.05) is 45.0 Å². The maximum Gasteiger partial charge on any atom is 0.297 e. The van der Waals surface area contributed by atoms with Crippen molar-refractivity contribution in [3.63, 3.8) is 0 Å². The molecule has 6 heteroatoms. The van der Waals surface area contributed by atoms with Crippen LogP contribution in [-0.4, -0.2) is 9.55 Å². The van der Waals surface area contributed by atoms with Crippen LogP contribution in [0.2, 0.25) is 0 Å². The summed E-state index contributed by atoms with van der Waals surface area (Å²) in [7, 11) is 0. The lowest BCUT2D eigenvalue weighted by atomic mass is 10.1. The quantitative estimate of drug-likeness (QED) is 0.604. The highest BCUT2D eigenvalue weighted by Gasteiger charge is 2.20. The summed E-state index contributed by atoms with van der Waals surface area (Å²) in [5, 5.41) is 0. The van der Waals surface area contributed by atoms with Crippen molar-refractivity contribution >= 4 is 0 Å². The zero-order valence-electron chi connectivity index (χ0n) is 17.5. The van der Waals surface area contributed by atoms with E-state index in [1.54, 1.807) is 4.57 Å². The first-order valence-corrected chi connectivity index (χ1v) is 10.2. The van der Waals surface area contributed by atoms with E-state index >= 15 is 0 Å². The van der Waals surface area contributed by atoms with Crippen LogP contribution in [0.4, 0.5) is 8.78 Å². The molecular formula is C24H26F2N2O2. The van der Waals surface area contributed by atoms with Crippen molar-refractivity contribution < 1.29 is 13.5 Å². The van der Waals surface area contributed by atoms with Gasteiger partial charge in [0.15, 0.2) is 11.6 Å². The van der Waals surface area contributed by atoms with Gasteiger partial charge in [-0.15, -0.1) is 0 Å². The van der Waals surface area contributed by atoms with E-state index in [0.717, 1.165) is 29.7 Å². The Bertz CT molecular complexity index is 1060. The molecule has 0 atom stereocenters. The highest BCUT2D eigenvalue weighted by atomic mass is 19.1. The monoisotopic (exact) mass is 412 g/mol. The Morgan fingerprint density at radius 3 is 2.57 bits per heavy atom. The van der Waals surface area contributed by atoms with Gasteiger partial charge in [-0.3, -0.25) is 9.36 Å². The van der Waals surface area contributed by atoms with E-state index in [1.165, 1.54) is 6.08 Å². The third-order valence-electron chi connectivity index (χ3n) is 4.86. The molecule has 158 valence electrons. The fourth-order valence-electron chi connectivity index (χ4n) is 3.24. The number of ether oxygens (including phenoxy) is 1. The number of aromatic nitrogens is 2. The Balaban J connectivity index is 2.10. The van der Waals surface area contributed by atoms with Crippen LogP contribution in [0, 0.1) is 6.92 Å². The summed E-state index contributed by atoms with van der Waals surface area (Å²) in [6.07, 6.45) is 5.36. The average molecular weight is 412 g/mol. The van der Waals surface area contributed by atoms with Gasteiger partial charge >= 0.3 is 0 Å². The molecule has 0 amide bonds. The first-order valence-electron chi connectivity index (χ1n) is 10.2. The molecule has 1 aromatic carbocycles. The topological polar surface area (TPSA) is 44.1 Å². The summed E-state index contributed by atoms with van der Waals surface area (Å²) in [4.78, 5) is 18.0. The lowest BCUT2D eigenvalue weighted by Gasteiger charge is -2.17. The van der Waals surface area contributed by atoms with Gasteiger partial charge in [-0.1, -0.05) is 49.8 Å². The first kappa shape index (κ1) is 21.7. The molecule has 0 saturated carbocycles. The van der Waals surface area contributed by atoms with E-state index < -0.39 is 17.2 Å². The van der Waals surface area contributed by atoms with Gasteiger partial charge in [0.2, 0.25) is 5.75 Å².